The summed E-state index contributed by atoms with van der Waals surface area (Å²) in [6.45, 7) is 4.81. The van der Waals surface area contributed by atoms with Crippen molar-refractivity contribution in [1.82, 2.24) is 4.98 Å². The van der Waals surface area contributed by atoms with E-state index >= 15 is 0 Å². The first-order valence-corrected chi connectivity index (χ1v) is 10.0. The Morgan fingerprint density at radius 2 is 2.09 bits per heavy atom. The predicted octanol–water partition coefficient (Wildman–Crippen LogP) is 1.71. The molecule has 1 aromatic heterocycles. The Hall–Kier alpha value is -1.17. The van der Waals surface area contributed by atoms with Crippen molar-refractivity contribution in [2.24, 2.45) is 0 Å². The molecule has 4 nitrogen and oxygen atoms in total. The molecule has 0 amide bonds. The third-order valence-electron chi connectivity index (χ3n) is 4.94. The van der Waals surface area contributed by atoms with Crippen molar-refractivity contribution in [3.8, 4) is 0 Å². The second kappa shape index (κ2) is 6.04. The number of rotatable bonds is 3. The highest BCUT2D eigenvalue weighted by molar-refractivity contribution is 7.91. The van der Waals surface area contributed by atoms with Gasteiger partial charge in [0.15, 0.2) is 9.84 Å². The molecule has 3 rings (SSSR count). The van der Waals surface area contributed by atoms with E-state index in [0.717, 1.165) is 28.5 Å². The lowest BCUT2D eigenvalue weighted by Crippen LogP contribution is -3.12. The van der Waals surface area contributed by atoms with E-state index in [4.69, 9.17) is 11.6 Å². The summed E-state index contributed by atoms with van der Waals surface area (Å²) >= 11 is 6.39. The van der Waals surface area contributed by atoms with Gasteiger partial charge in [0.1, 0.15) is 23.5 Å². The number of benzene rings is 1. The average molecular weight is 354 g/mol. The molecule has 1 aromatic carbocycles. The number of hydrogen-bond donors (Lipinski definition) is 1. The van der Waals surface area contributed by atoms with E-state index in [2.05, 4.69) is 37.0 Å². The van der Waals surface area contributed by atoms with Crippen molar-refractivity contribution in [1.29, 1.82) is 0 Å². The molecular formula is C17H22ClN2O2S+. The molecule has 1 N–H and O–H groups in total. The summed E-state index contributed by atoms with van der Waals surface area (Å²) in [6.07, 6.45) is 0.727. The van der Waals surface area contributed by atoms with Gasteiger partial charge in [-0.2, -0.15) is 0 Å². The first kappa shape index (κ1) is 16.7. The quantitative estimate of drug-likeness (QED) is 0.855. The molecule has 0 saturated carbocycles. The van der Waals surface area contributed by atoms with Crippen LogP contribution in [0.15, 0.2) is 18.2 Å². The molecule has 1 fully saturated rings. The van der Waals surface area contributed by atoms with Gasteiger partial charge in [0.05, 0.1) is 18.3 Å². The molecule has 2 atom stereocenters. The molecule has 1 aliphatic heterocycles. The minimum absolute atomic E-state index is 0.145. The monoisotopic (exact) mass is 353 g/mol. The Morgan fingerprint density at radius 3 is 2.74 bits per heavy atom. The Labute approximate surface area is 142 Å². The van der Waals surface area contributed by atoms with Crippen LogP contribution in [0.25, 0.3) is 10.9 Å². The average Bonchev–Trinajstić information content (AvgIpc) is 2.85. The summed E-state index contributed by atoms with van der Waals surface area (Å²) in [4.78, 5) is 5.76. The van der Waals surface area contributed by atoms with Gasteiger partial charge in [-0.15, -0.1) is 0 Å². The lowest BCUT2D eigenvalue weighted by atomic mass is 10.0. The molecule has 1 saturated heterocycles. The van der Waals surface area contributed by atoms with Gasteiger partial charge in [0, 0.05) is 17.4 Å². The maximum absolute atomic E-state index is 11.7. The number of hydrogen-bond acceptors (Lipinski definition) is 3. The summed E-state index contributed by atoms with van der Waals surface area (Å²) in [5, 5.41) is 1.60. The number of sulfone groups is 1. The van der Waals surface area contributed by atoms with E-state index in [1.807, 2.05) is 7.05 Å². The van der Waals surface area contributed by atoms with Crippen LogP contribution in [0.4, 0.5) is 0 Å². The van der Waals surface area contributed by atoms with Gasteiger partial charge in [-0.25, -0.2) is 13.4 Å². The highest BCUT2D eigenvalue weighted by atomic mass is 35.5. The van der Waals surface area contributed by atoms with Crippen LogP contribution in [-0.4, -0.2) is 38.0 Å². The van der Waals surface area contributed by atoms with Gasteiger partial charge in [-0.1, -0.05) is 23.7 Å². The van der Waals surface area contributed by atoms with Crippen molar-refractivity contribution in [3.05, 3.63) is 40.0 Å². The summed E-state index contributed by atoms with van der Waals surface area (Å²) in [6, 6.07) is 6.40. The largest absolute Gasteiger partial charge is 0.330 e. The third kappa shape index (κ3) is 3.37. The first-order chi connectivity index (χ1) is 10.8. The summed E-state index contributed by atoms with van der Waals surface area (Å²) < 4.78 is 23.3. The van der Waals surface area contributed by atoms with E-state index in [1.165, 1.54) is 10.5 Å². The number of halogens is 1. The van der Waals surface area contributed by atoms with Crippen molar-refractivity contribution < 1.29 is 13.3 Å². The fourth-order valence-electron chi connectivity index (χ4n) is 3.26. The van der Waals surface area contributed by atoms with E-state index in [-0.39, 0.29) is 11.8 Å². The van der Waals surface area contributed by atoms with Gasteiger partial charge >= 0.3 is 0 Å². The first-order valence-electron chi connectivity index (χ1n) is 7.85. The van der Waals surface area contributed by atoms with Gasteiger partial charge in [0.2, 0.25) is 0 Å². The van der Waals surface area contributed by atoms with E-state index < -0.39 is 9.84 Å². The van der Waals surface area contributed by atoms with Crippen molar-refractivity contribution >= 4 is 32.3 Å². The van der Waals surface area contributed by atoms with Gasteiger partial charge in [0.25, 0.3) is 0 Å². The van der Waals surface area contributed by atoms with Crippen LogP contribution in [0.1, 0.15) is 23.1 Å². The van der Waals surface area contributed by atoms with E-state index in [9.17, 15) is 8.42 Å². The summed E-state index contributed by atoms with van der Waals surface area (Å²) in [7, 11) is -0.823. The number of quaternary nitrogens is 1. The van der Waals surface area contributed by atoms with Gasteiger partial charge in [-0.3, -0.25) is 0 Å². The summed E-state index contributed by atoms with van der Waals surface area (Å²) in [5.41, 5.74) is 4.27. The van der Waals surface area contributed by atoms with Crippen LogP contribution in [0.2, 0.25) is 5.15 Å². The minimum atomic E-state index is -2.86. The number of fused-ring (bicyclic) bond motifs is 1. The van der Waals surface area contributed by atoms with Crippen LogP contribution in [0.3, 0.4) is 0 Å². The molecule has 0 aliphatic carbocycles. The molecular weight excluding hydrogens is 332 g/mol. The number of aryl methyl sites for hydroxylation is 2. The van der Waals surface area contributed by atoms with Crippen LogP contribution in [0.5, 0.6) is 0 Å². The lowest BCUT2D eigenvalue weighted by Gasteiger charge is -2.20. The molecule has 0 spiro atoms. The van der Waals surface area contributed by atoms with Crippen LogP contribution in [-0.2, 0) is 16.4 Å². The molecule has 1 aliphatic rings. The van der Waals surface area contributed by atoms with E-state index in [1.54, 1.807) is 0 Å². The normalized spacial score (nSPS) is 21.7. The van der Waals surface area contributed by atoms with Gasteiger partial charge < -0.3 is 4.90 Å². The third-order valence-corrected chi connectivity index (χ3v) is 7.03. The zero-order valence-electron chi connectivity index (χ0n) is 13.7. The standard InChI is InChI=1S/C17H21ClN2O2S/c1-11-4-5-13-8-14(17(18)19-16(13)12(11)2)9-20(3)15-6-7-23(21,22)10-15/h4-5,8,15H,6-7,9-10H2,1-3H3/p+1/t15-/m0/s1. The zero-order valence-corrected chi connectivity index (χ0v) is 15.3. The molecule has 124 valence electrons. The maximum Gasteiger partial charge on any atom is 0.156 e. The predicted molar refractivity (Wildman–Crippen MR) is 93.9 cm³/mol. The highest BCUT2D eigenvalue weighted by Gasteiger charge is 2.33. The van der Waals surface area contributed by atoms with Gasteiger partial charge in [-0.05, 0) is 31.0 Å². The Kier molecular flexibility index (Phi) is 4.38. The maximum atomic E-state index is 11.7. The second-order valence-corrected chi connectivity index (χ2v) is 9.23. The van der Waals surface area contributed by atoms with Crippen molar-refractivity contribution in [3.63, 3.8) is 0 Å². The second-order valence-electron chi connectivity index (χ2n) is 6.64. The molecule has 6 heteroatoms. The molecule has 23 heavy (non-hydrogen) atoms. The number of nitrogens with zero attached hydrogens (tertiary/aromatic N) is 1. The summed E-state index contributed by atoms with van der Waals surface area (Å²) in [5.74, 6) is 0.576. The zero-order chi connectivity index (χ0) is 16.8. The fourth-order valence-corrected chi connectivity index (χ4v) is 5.34. The lowest BCUT2D eigenvalue weighted by molar-refractivity contribution is -0.916. The SMILES string of the molecule is Cc1ccc2cc(C[NH+](C)[C@H]3CCS(=O)(=O)C3)c(Cl)nc2c1C. The molecule has 2 aromatic rings. The minimum Gasteiger partial charge on any atom is -0.330 e. The smallest absolute Gasteiger partial charge is 0.156 e. The van der Waals surface area contributed by atoms with Crippen LogP contribution in [0, 0.1) is 13.8 Å². The molecule has 0 radical (unpaired) electrons. The van der Waals surface area contributed by atoms with Crippen molar-refractivity contribution in [2.45, 2.75) is 32.9 Å². The Balaban J connectivity index is 1.88. The Bertz CT molecular complexity index is 865. The molecule has 1 unspecified atom stereocenters. The topological polar surface area (TPSA) is 51.5 Å². The molecule has 0 bridgehead atoms. The fraction of sp³-hybridized carbons (Fsp3) is 0.471. The van der Waals surface area contributed by atoms with E-state index in [0.29, 0.717) is 17.5 Å². The van der Waals surface area contributed by atoms with Crippen LogP contribution < -0.4 is 4.90 Å². The number of nitrogens with one attached hydrogen (secondary N) is 1. The number of pyridine rings is 1. The molecule has 2 heterocycles. The Morgan fingerprint density at radius 1 is 1.35 bits per heavy atom. The van der Waals surface area contributed by atoms with Crippen molar-refractivity contribution in [2.75, 3.05) is 18.6 Å². The van der Waals surface area contributed by atoms with Crippen LogP contribution >= 0.6 is 11.6 Å². The highest BCUT2D eigenvalue weighted by Crippen LogP contribution is 2.24. The number of aromatic nitrogens is 1.